The number of benzene rings is 1. The van der Waals surface area contributed by atoms with Gasteiger partial charge in [0.2, 0.25) is 0 Å². The first-order valence-corrected chi connectivity index (χ1v) is 7.53. The van der Waals surface area contributed by atoms with Crippen LogP contribution in [-0.4, -0.2) is 24.0 Å². The van der Waals surface area contributed by atoms with Crippen molar-refractivity contribution >= 4 is 47.7 Å². The van der Waals surface area contributed by atoms with Crippen LogP contribution < -0.4 is 10.2 Å². The molecule has 1 aliphatic rings. The fourth-order valence-electron chi connectivity index (χ4n) is 2.52. The van der Waals surface area contributed by atoms with Gasteiger partial charge >= 0.3 is 0 Å². The quantitative estimate of drug-likeness (QED) is 0.848. The molecule has 0 radical (unpaired) electrons. The van der Waals surface area contributed by atoms with Crippen LogP contribution in [0.4, 0.5) is 5.69 Å². The lowest BCUT2D eigenvalue weighted by atomic mass is 10.1. The van der Waals surface area contributed by atoms with Gasteiger partial charge in [0.05, 0.1) is 10.7 Å². The van der Waals surface area contributed by atoms with E-state index < -0.39 is 0 Å². The lowest BCUT2D eigenvalue weighted by molar-refractivity contribution is 0.0990. The van der Waals surface area contributed by atoms with E-state index in [9.17, 15) is 4.79 Å². The van der Waals surface area contributed by atoms with Crippen molar-refractivity contribution in [3.05, 3.63) is 45.4 Å². The molecule has 22 heavy (non-hydrogen) atoms. The number of thiazole rings is 1. The molecule has 0 unspecified atom stereocenters. The van der Waals surface area contributed by atoms with Gasteiger partial charge in [-0.2, -0.15) is 0 Å². The third-order valence-corrected chi connectivity index (χ3v) is 4.51. The Balaban J connectivity index is 0.00000121. The number of halogens is 2. The van der Waals surface area contributed by atoms with Crippen LogP contribution in [0.15, 0.2) is 24.3 Å². The number of carbonyl (C=O) groups excluding carboxylic acids is 1. The largest absolute Gasteiger partial charge is 0.311 e. The molecule has 120 valence electrons. The molecule has 1 aromatic heterocycles. The van der Waals surface area contributed by atoms with E-state index in [1.807, 2.05) is 36.9 Å². The van der Waals surface area contributed by atoms with Crippen molar-refractivity contribution in [2.75, 3.05) is 18.0 Å². The highest BCUT2D eigenvalue weighted by Gasteiger charge is 2.24. The number of carbonyl (C=O) groups is 1. The average Bonchev–Trinajstić information content (AvgIpc) is 2.66. The molecule has 0 bridgehead atoms. The lowest BCUT2D eigenvalue weighted by Gasteiger charge is -2.22. The monoisotopic (exact) mass is 359 g/mol. The van der Waals surface area contributed by atoms with Crippen LogP contribution in [0.3, 0.4) is 0 Å². The molecule has 3 rings (SSSR count). The maximum Gasteiger partial charge on any atom is 0.270 e. The number of rotatable bonds is 1. The van der Waals surface area contributed by atoms with Gasteiger partial charge in [-0.15, -0.1) is 36.2 Å². The van der Waals surface area contributed by atoms with Gasteiger partial charge in [0.25, 0.3) is 5.91 Å². The van der Waals surface area contributed by atoms with E-state index in [1.54, 1.807) is 0 Å². The maximum absolute atomic E-state index is 12.8. The average molecular weight is 360 g/mol. The minimum absolute atomic E-state index is 0. The molecule has 0 fully saturated rings. The number of hydrogen-bond acceptors (Lipinski definition) is 4. The highest BCUT2D eigenvalue weighted by atomic mass is 35.5. The predicted molar refractivity (Wildman–Crippen MR) is 95.9 cm³/mol. The Morgan fingerprint density at radius 3 is 2.68 bits per heavy atom. The number of anilines is 1. The van der Waals surface area contributed by atoms with E-state index in [0.717, 1.165) is 39.9 Å². The third-order valence-electron chi connectivity index (χ3n) is 3.45. The van der Waals surface area contributed by atoms with Crippen molar-refractivity contribution in [2.45, 2.75) is 20.4 Å². The number of aromatic nitrogens is 1. The first-order chi connectivity index (χ1) is 9.66. The van der Waals surface area contributed by atoms with Crippen molar-refractivity contribution in [1.29, 1.82) is 0 Å². The molecule has 1 N–H and O–H groups in total. The second kappa shape index (κ2) is 7.92. The summed E-state index contributed by atoms with van der Waals surface area (Å²) in [7, 11) is 0. The molecule has 4 nitrogen and oxygen atoms in total. The molecule has 0 atom stereocenters. The summed E-state index contributed by atoms with van der Waals surface area (Å²) in [6, 6.07) is 8.08. The van der Waals surface area contributed by atoms with E-state index in [0.29, 0.717) is 6.54 Å². The predicted octanol–water partition coefficient (Wildman–Crippen LogP) is 3.35. The summed E-state index contributed by atoms with van der Waals surface area (Å²) in [6.45, 7) is 6.13. The van der Waals surface area contributed by atoms with Crippen LogP contribution in [0.1, 0.15) is 25.9 Å². The van der Waals surface area contributed by atoms with Gasteiger partial charge in [0.15, 0.2) is 0 Å². The Hall–Kier alpha value is -1.14. The summed E-state index contributed by atoms with van der Waals surface area (Å²) in [5.74, 6) is 0.0595. The summed E-state index contributed by atoms with van der Waals surface area (Å²) < 4.78 is 0. The zero-order valence-corrected chi connectivity index (χ0v) is 14.9. The first kappa shape index (κ1) is 18.9. The summed E-state index contributed by atoms with van der Waals surface area (Å²) in [6.07, 6.45) is 0. The number of fused-ring (bicyclic) bond motifs is 1. The smallest absolute Gasteiger partial charge is 0.270 e. The van der Waals surface area contributed by atoms with Crippen molar-refractivity contribution in [2.24, 2.45) is 0 Å². The Morgan fingerprint density at radius 1 is 1.27 bits per heavy atom. The summed E-state index contributed by atoms with van der Waals surface area (Å²) in [4.78, 5) is 19.8. The van der Waals surface area contributed by atoms with Gasteiger partial charge in [-0.05, 0) is 25.5 Å². The molecule has 0 saturated carbocycles. The number of hydrogen-bond donors (Lipinski definition) is 1. The van der Waals surface area contributed by atoms with Crippen molar-refractivity contribution in [3.63, 3.8) is 0 Å². The standard InChI is InChI=1S/C15H17N3OS.2ClH/c1-10-14(20-11(2)17-10)15(19)18-8-7-16-9-12-5-3-4-6-13(12)18;;/h3-6,16H,7-9H2,1-2H3;2*1H. The fourth-order valence-corrected chi connectivity index (χ4v) is 3.39. The van der Waals surface area contributed by atoms with Crippen LogP contribution in [0, 0.1) is 13.8 Å². The maximum atomic E-state index is 12.8. The molecule has 1 aromatic carbocycles. The van der Waals surface area contributed by atoms with Crippen molar-refractivity contribution in [1.82, 2.24) is 10.3 Å². The van der Waals surface area contributed by atoms with Crippen LogP contribution in [-0.2, 0) is 6.54 Å². The second-order valence-electron chi connectivity index (χ2n) is 4.91. The molecular weight excluding hydrogens is 341 g/mol. The first-order valence-electron chi connectivity index (χ1n) is 6.71. The molecule has 0 spiro atoms. The molecular formula is C15H19Cl2N3OS. The summed E-state index contributed by atoms with van der Waals surface area (Å²) in [5, 5.41) is 4.29. The number of nitrogens with zero attached hydrogens (tertiary/aromatic N) is 2. The van der Waals surface area contributed by atoms with Crippen LogP contribution in [0.25, 0.3) is 0 Å². The molecule has 2 heterocycles. The van der Waals surface area contributed by atoms with Gasteiger partial charge in [-0.25, -0.2) is 4.98 Å². The van der Waals surface area contributed by atoms with Crippen molar-refractivity contribution in [3.8, 4) is 0 Å². The number of nitrogens with one attached hydrogen (secondary N) is 1. The summed E-state index contributed by atoms with van der Waals surface area (Å²) >= 11 is 1.47. The highest BCUT2D eigenvalue weighted by molar-refractivity contribution is 7.13. The Kier molecular flexibility index (Phi) is 6.81. The Labute approximate surface area is 146 Å². The molecule has 0 saturated heterocycles. The Morgan fingerprint density at radius 2 is 2.00 bits per heavy atom. The molecule has 1 aliphatic heterocycles. The van der Waals surface area contributed by atoms with Gasteiger partial charge in [-0.3, -0.25) is 4.79 Å². The van der Waals surface area contributed by atoms with E-state index in [-0.39, 0.29) is 30.7 Å². The van der Waals surface area contributed by atoms with Gasteiger partial charge in [0.1, 0.15) is 4.88 Å². The van der Waals surface area contributed by atoms with Crippen LogP contribution in [0.2, 0.25) is 0 Å². The zero-order valence-electron chi connectivity index (χ0n) is 12.5. The molecule has 7 heteroatoms. The normalized spacial score (nSPS) is 13.5. The van der Waals surface area contributed by atoms with E-state index in [4.69, 9.17) is 0 Å². The van der Waals surface area contributed by atoms with Gasteiger partial charge < -0.3 is 10.2 Å². The van der Waals surface area contributed by atoms with Crippen LogP contribution >= 0.6 is 36.2 Å². The van der Waals surface area contributed by atoms with Gasteiger partial charge in [-0.1, -0.05) is 18.2 Å². The Bertz CT molecular complexity index is 660. The van der Waals surface area contributed by atoms with E-state index in [1.165, 1.54) is 11.3 Å². The van der Waals surface area contributed by atoms with Crippen LogP contribution in [0.5, 0.6) is 0 Å². The molecule has 1 amide bonds. The second-order valence-corrected chi connectivity index (χ2v) is 6.11. The minimum atomic E-state index is 0. The number of aryl methyl sites for hydroxylation is 2. The number of para-hydroxylation sites is 1. The molecule has 2 aromatic rings. The topological polar surface area (TPSA) is 45.2 Å². The fraction of sp³-hybridized carbons (Fsp3) is 0.333. The lowest BCUT2D eigenvalue weighted by Crippen LogP contribution is -2.34. The summed E-state index contributed by atoms with van der Waals surface area (Å²) in [5.41, 5.74) is 3.00. The highest BCUT2D eigenvalue weighted by Crippen LogP contribution is 2.26. The SMILES string of the molecule is Cc1nc(C)c(C(=O)N2CCNCc3ccccc32)s1.Cl.Cl. The number of amides is 1. The zero-order chi connectivity index (χ0) is 14.1. The van der Waals surface area contributed by atoms with E-state index >= 15 is 0 Å². The third kappa shape index (κ3) is 3.60. The minimum Gasteiger partial charge on any atom is -0.311 e. The van der Waals surface area contributed by atoms with Crippen molar-refractivity contribution < 1.29 is 4.79 Å². The molecule has 0 aliphatic carbocycles. The van der Waals surface area contributed by atoms with Gasteiger partial charge in [0, 0.05) is 25.3 Å². The van der Waals surface area contributed by atoms with E-state index in [2.05, 4.69) is 16.4 Å².